The van der Waals surface area contributed by atoms with Crippen molar-refractivity contribution in [2.24, 2.45) is 0 Å². The van der Waals surface area contributed by atoms with Gasteiger partial charge in [0.05, 0.1) is 6.54 Å². The maximum atomic E-state index is 13.8. The van der Waals surface area contributed by atoms with Crippen molar-refractivity contribution in [3.8, 4) is 0 Å². The van der Waals surface area contributed by atoms with Crippen molar-refractivity contribution in [2.45, 2.75) is 29.6 Å². The summed E-state index contributed by atoms with van der Waals surface area (Å²) in [7, 11) is -5.96. The zero-order chi connectivity index (χ0) is 24.4. The van der Waals surface area contributed by atoms with Crippen LogP contribution in [0.5, 0.6) is 0 Å². The molecule has 0 aliphatic rings. The Bertz CT molecular complexity index is 708. The van der Waals surface area contributed by atoms with Crippen LogP contribution in [-0.2, 0) is 13.9 Å². The zero-order valence-electron chi connectivity index (χ0n) is 14.5. The molecule has 0 spiro atoms. The van der Waals surface area contributed by atoms with Crippen LogP contribution in [0.25, 0.3) is 0 Å². The number of carbonyl (C=O) groups is 1. The molecule has 0 atom stereocenters. The molecule has 2 N–H and O–H groups in total. The SMILES string of the molecule is C=CCN(CC(F)(F)C(F)(F)C(F)(F)C(F)(F)C(F)(F)COP(=O)(O)O)C(=O)C=C. The van der Waals surface area contributed by atoms with Crippen LogP contribution in [0.4, 0.5) is 43.9 Å². The van der Waals surface area contributed by atoms with Gasteiger partial charge in [-0.05, 0) is 6.08 Å². The van der Waals surface area contributed by atoms with Gasteiger partial charge in [0.15, 0.2) is 0 Å². The maximum Gasteiger partial charge on any atom is 0.469 e. The average molecular weight is 485 g/mol. The van der Waals surface area contributed by atoms with Crippen molar-refractivity contribution in [3.63, 3.8) is 0 Å². The molecule has 0 heterocycles. The Kier molecular flexibility index (Phi) is 8.36. The van der Waals surface area contributed by atoms with E-state index in [1.807, 2.05) is 0 Å². The molecule has 0 bridgehead atoms. The van der Waals surface area contributed by atoms with E-state index < -0.39 is 63.0 Å². The predicted octanol–water partition coefficient (Wildman–Crippen LogP) is 3.47. The third-order valence-electron chi connectivity index (χ3n) is 3.35. The summed E-state index contributed by atoms with van der Waals surface area (Å²) in [6, 6.07) is 0. The lowest BCUT2D eigenvalue weighted by atomic mass is 9.94. The molecule has 0 saturated heterocycles. The summed E-state index contributed by atoms with van der Waals surface area (Å²) >= 11 is 0. The fourth-order valence-electron chi connectivity index (χ4n) is 1.77. The summed E-state index contributed by atoms with van der Waals surface area (Å²) in [4.78, 5) is 27.4. The van der Waals surface area contributed by atoms with E-state index in [2.05, 4.69) is 17.7 Å². The summed E-state index contributed by atoms with van der Waals surface area (Å²) in [5, 5.41) is 0. The molecular weight excluding hydrogens is 471 g/mol. The predicted molar refractivity (Wildman–Crippen MR) is 79.7 cm³/mol. The van der Waals surface area contributed by atoms with E-state index in [1.54, 1.807) is 0 Å². The molecule has 17 heteroatoms. The van der Waals surface area contributed by atoms with Crippen LogP contribution in [0, 0.1) is 0 Å². The smallest absolute Gasteiger partial charge is 0.329 e. The topological polar surface area (TPSA) is 87.1 Å². The van der Waals surface area contributed by atoms with Crippen LogP contribution in [0.15, 0.2) is 25.3 Å². The summed E-state index contributed by atoms with van der Waals surface area (Å²) in [5.41, 5.74) is 0. The van der Waals surface area contributed by atoms with Crippen LogP contribution < -0.4 is 0 Å². The first-order valence-corrected chi connectivity index (χ1v) is 8.75. The van der Waals surface area contributed by atoms with E-state index >= 15 is 0 Å². The lowest BCUT2D eigenvalue weighted by molar-refractivity contribution is -0.403. The Morgan fingerprint density at radius 3 is 1.70 bits per heavy atom. The van der Waals surface area contributed by atoms with Crippen molar-refractivity contribution in [3.05, 3.63) is 25.3 Å². The molecule has 6 nitrogen and oxygen atoms in total. The Morgan fingerprint density at radius 1 is 0.900 bits per heavy atom. The molecular formula is C13H14F10NO5P. The number of carbonyl (C=O) groups excluding carboxylic acids is 1. The highest BCUT2D eigenvalue weighted by Gasteiger charge is 2.86. The maximum absolute atomic E-state index is 13.8. The van der Waals surface area contributed by atoms with Gasteiger partial charge in [0.2, 0.25) is 5.91 Å². The summed E-state index contributed by atoms with van der Waals surface area (Å²) in [5.74, 6) is -36.1. The summed E-state index contributed by atoms with van der Waals surface area (Å²) in [6.45, 7) is -1.00. The van der Waals surface area contributed by atoms with Gasteiger partial charge in [-0.15, -0.1) is 6.58 Å². The first-order valence-electron chi connectivity index (χ1n) is 7.22. The molecule has 0 fully saturated rings. The molecule has 0 rings (SSSR count). The van der Waals surface area contributed by atoms with E-state index in [0.29, 0.717) is 6.08 Å². The van der Waals surface area contributed by atoms with Crippen molar-refractivity contribution in [1.29, 1.82) is 0 Å². The minimum Gasteiger partial charge on any atom is -0.329 e. The Labute approximate surface area is 162 Å². The lowest BCUT2D eigenvalue weighted by Crippen LogP contribution is -2.69. The quantitative estimate of drug-likeness (QED) is 0.191. The third kappa shape index (κ3) is 5.53. The molecule has 0 aromatic carbocycles. The molecule has 30 heavy (non-hydrogen) atoms. The third-order valence-corrected chi connectivity index (χ3v) is 3.81. The summed E-state index contributed by atoms with van der Waals surface area (Å²) in [6.07, 6.45) is 0.966. The Balaban J connectivity index is 6.11. The number of rotatable bonds is 12. The number of halogens is 10. The van der Waals surface area contributed by atoms with Crippen molar-refractivity contribution in [1.82, 2.24) is 4.90 Å². The number of phosphoric acid groups is 1. The van der Waals surface area contributed by atoms with Crippen LogP contribution >= 0.6 is 7.82 Å². The molecule has 0 unspecified atom stereocenters. The van der Waals surface area contributed by atoms with Gasteiger partial charge < -0.3 is 14.7 Å². The van der Waals surface area contributed by atoms with E-state index in [0.717, 1.165) is 0 Å². The molecule has 0 aromatic heterocycles. The molecule has 0 radical (unpaired) electrons. The normalized spacial score (nSPS) is 14.4. The fourth-order valence-corrected chi connectivity index (χ4v) is 2.10. The first kappa shape index (κ1) is 28.4. The van der Waals surface area contributed by atoms with Crippen LogP contribution in [0.1, 0.15) is 0 Å². The van der Waals surface area contributed by atoms with E-state index in [-0.39, 0.29) is 11.0 Å². The van der Waals surface area contributed by atoms with Gasteiger partial charge in [-0.25, -0.2) is 4.57 Å². The first-order chi connectivity index (χ1) is 13.1. The van der Waals surface area contributed by atoms with Crippen molar-refractivity contribution < 1.29 is 67.6 Å². The second kappa shape index (κ2) is 8.85. The molecule has 0 aromatic rings. The van der Waals surface area contributed by atoms with Gasteiger partial charge in [-0.2, -0.15) is 43.9 Å². The number of hydrogen-bond donors (Lipinski definition) is 2. The monoisotopic (exact) mass is 485 g/mol. The van der Waals surface area contributed by atoms with E-state index in [9.17, 15) is 53.3 Å². The molecule has 0 saturated carbocycles. The minimum atomic E-state index is -7.48. The fraction of sp³-hybridized carbons (Fsp3) is 0.615. The highest BCUT2D eigenvalue weighted by Crippen LogP contribution is 2.57. The average Bonchev–Trinajstić information content (AvgIpc) is 2.57. The second-order valence-corrected chi connectivity index (χ2v) is 6.85. The second-order valence-electron chi connectivity index (χ2n) is 5.61. The molecule has 0 aliphatic carbocycles. The van der Waals surface area contributed by atoms with Gasteiger partial charge >= 0.3 is 37.4 Å². The number of phosphoric ester groups is 1. The van der Waals surface area contributed by atoms with Crippen molar-refractivity contribution >= 4 is 13.7 Å². The van der Waals surface area contributed by atoms with Gasteiger partial charge in [0.1, 0.15) is 6.61 Å². The van der Waals surface area contributed by atoms with Gasteiger partial charge in [-0.3, -0.25) is 9.32 Å². The largest absolute Gasteiger partial charge is 0.469 e. The lowest BCUT2D eigenvalue weighted by Gasteiger charge is -2.40. The van der Waals surface area contributed by atoms with Gasteiger partial charge in [0, 0.05) is 6.54 Å². The minimum absolute atomic E-state index is 0.253. The number of alkyl halides is 10. The zero-order valence-corrected chi connectivity index (χ0v) is 15.4. The molecule has 176 valence electrons. The number of nitrogens with zero attached hydrogens (tertiary/aromatic N) is 1. The van der Waals surface area contributed by atoms with Crippen LogP contribution in [0.2, 0.25) is 0 Å². The molecule has 0 aliphatic heterocycles. The standard InChI is InChI=1S/C13H14F10NO5P/c1-3-5-24(8(25)4-2)6-9(14,15)11(18,19)13(22,23)12(20,21)10(16,17)7-29-30(26,27)28/h3-4H,1-2,5-7H2,(H2,26,27,28). The Hall–Kier alpha value is -1.64. The van der Waals surface area contributed by atoms with E-state index in [4.69, 9.17) is 9.79 Å². The van der Waals surface area contributed by atoms with Crippen molar-refractivity contribution in [2.75, 3.05) is 19.7 Å². The van der Waals surface area contributed by atoms with E-state index in [1.165, 1.54) is 0 Å². The van der Waals surface area contributed by atoms with Crippen LogP contribution in [0.3, 0.4) is 0 Å². The highest BCUT2D eigenvalue weighted by atomic mass is 31.2. The molecule has 1 amide bonds. The number of amides is 1. The Morgan fingerprint density at radius 2 is 1.33 bits per heavy atom. The summed E-state index contributed by atoms with van der Waals surface area (Å²) < 4.78 is 149. The number of hydrogen-bond acceptors (Lipinski definition) is 3. The van der Waals surface area contributed by atoms with Crippen LogP contribution in [-0.4, -0.2) is 69.9 Å². The van der Waals surface area contributed by atoms with Gasteiger partial charge in [0.25, 0.3) is 0 Å². The van der Waals surface area contributed by atoms with Gasteiger partial charge in [-0.1, -0.05) is 12.7 Å². The highest BCUT2D eigenvalue weighted by molar-refractivity contribution is 7.46.